The van der Waals surface area contributed by atoms with Crippen molar-refractivity contribution < 1.29 is 21.5 Å². The predicted molar refractivity (Wildman–Crippen MR) is 112 cm³/mol. The molecule has 0 aromatic rings. The maximum atomic E-state index is 8.54. The van der Waals surface area contributed by atoms with E-state index in [1.54, 1.807) is 0 Å². The van der Waals surface area contributed by atoms with Crippen molar-refractivity contribution in [2.45, 2.75) is 116 Å². The molecule has 0 spiro atoms. The number of nitriles is 1. The van der Waals surface area contributed by atoms with Gasteiger partial charge in [0.2, 0.25) is 0 Å². The highest BCUT2D eigenvalue weighted by Crippen LogP contribution is 2.13. The molecule has 0 fully saturated rings. The van der Waals surface area contributed by atoms with Crippen LogP contribution in [0.5, 0.6) is 0 Å². The van der Waals surface area contributed by atoms with Crippen LogP contribution in [0, 0.1) is 11.3 Å². The molecule has 0 saturated heterocycles. The van der Waals surface area contributed by atoms with Crippen molar-refractivity contribution in [2.75, 3.05) is 27.2 Å². The summed E-state index contributed by atoms with van der Waals surface area (Å²) in [6.07, 6.45) is 22.9. The molecule has 0 aliphatic heterocycles. The van der Waals surface area contributed by atoms with E-state index in [2.05, 4.69) is 27.1 Å². The number of hydrogen-bond donors (Lipinski definition) is 0. The number of unbranched alkanes of at least 4 members (excludes halogenated alkanes) is 15. The second-order valence-corrected chi connectivity index (χ2v) is 8.59. The van der Waals surface area contributed by atoms with Crippen molar-refractivity contribution in [1.29, 1.82) is 5.26 Å². The summed E-state index contributed by atoms with van der Waals surface area (Å²) in [6.45, 7) is 4.92. The van der Waals surface area contributed by atoms with E-state index in [0.29, 0.717) is 0 Å². The first-order chi connectivity index (χ1) is 12.1. The lowest BCUT2D eigenvalue weighted by Crippen LogP contribution is -3.00. The Morgan fingerprint density at radius 3 is 1.31 bits per heavy atom. The second-order valence-electron chi connectivity index (χ2n) is 8.59. The molecule has 2 nitrogen and oxygen atoms in total. The smallest absolute Gasteiger partial charge is 0.0782 e. The molecule has 0 heterocycles. The molecule has 0 saturated carbocycles. The summed E-state index contributed by atoms with van der Waals surface area (Å²) < 4.78 is 1.18. The van der Waals surface area contributed by atoms with Crippen LogP contribution in [0.3, 0.4) is 0 Å². The molecule has 0 aliphatic carbocycles. The third-order valence-electron chi connectivity index (χ3n) is 5.42. The molecule has 0 unspecified atom stereocenters. The molecule has 0 atom stereocenters. The van der Waals surface area contributed by atoms with Gasteiger partial charge in [-0.1, -0.05) is 77.6 Å². The first kappa shape index (κ1) is 28.1. The Hall–Kier alpha value is -0.0700. The summed E-state index contributed by atoms with van der Waals surface area (Å²) >= 11 is 0. The van der Waals surface area contributed by atoms with E-state index < -0.39 is 0 Å². The number of quaternary nitrogens is 1. The molecule has 0 radical (unpaired) electrons. The van der Waals surface area contributed by atoms with Gasteiger partial charge in [-0.05, 0) is 32.1 Å². The minimum absolute atomic E-state index is 0. The molecule has 3 heteroatoms. The minimum Gasteiger partial charge on any atom is -1.00 e. The average Bonchev–Trinajstić information content (AvgIpc) is 2.59. The maximum absolute atomic E-state index is 8.54. The van der Waals surface area contributed by atoms with Crippen molar-refractivity contribution in [2.24, 2.45) is 0 Å². The van der Waals surface area contributed by atoms with E-state index in [4.69, 9.17) is 5.26 Å². The largest absolute Gasteiger partial charge is 1.00 e. The lowest BCUT2D eigenvalue weighted by Gasteiger charge is -2.30. The standard InChI is InChI=1S/C23H47N2.BrH/c1-4-5-6-7-8-9-10-11-12-13-16-19-22-25(2,3)23-20-17-14-15-18-21-24;/h4-20,22-23H2,1-3H3;1H/q+1;/p-1. The van der Waals surface area contributed by atoms with Crippen LogP contribution in [0.15, 0.2) is 0 Å². The van der Waals surface area contributed by atoms with Gasteiger partial charge >= 0.3 is 0 Å². The molecule has 0 aliphatic rings. The Balaban J connectivity index is 0. The van der Waals surface area contributed by atoms with Gasteiger partial charge in [-0.3, -0.25) is 0 Å². The molecule has 26 heavy (non-hydrogen) atoms. The van der Waals surface area contributed by atoms with Crippen molar-refractivity contribution in [1.82, 2.24) is 0 Å². The van der Waals surface area contributed by atoms with Crippen molar-refractivity contribution in [3.8, 4) is 6.07 Å². The molecule has 156 valence electrons. The van der Waals surface area contributed by atoms with Gasteiger partial charge in [0.15, 0.2) is 0 Å². The fraction of sp³-hybridized carbons (Fsp3) is 0.957. The Morgan fingerprint density at radius 2 is 0.923 bits per heavy atom. The van der Waals surface area contributed by atoms with Gasteiger partial charge in [0.05, 0.1) is 33.3 Å². The van der Waals surface area contributed by atoms with Gasteiger partial charge in [0.1, 0.15) is 0 Å². The topological polar surface area (TPSA) is 23.8 Å². The molecule has 0 aromatic heterocycles. The highest BCUT2D eigenvalue weighted by Gasteiger charge is 2.13. The number of nitrogens with zero attached hydrogens (tertiary/aromatic N) is 2. The molecule has 0 N–H and O–H groups in total. The Kier molecular flexibility index (Phi) is 23.0. The monoisotopic (exact) mass is 430 g/mol. The van der Waals surface area contributed by atoms with Crippen molar-refractivity contribution in [3.63, 3.8) is 0 Å². The van der Waals surface area contributed by atoms with E-state index in [9.17, 15) is 0 Å². The highest BCUT2D eigenvalue weighted by molar-refractivity contribution is 4.67. The van der Waals surface area contributed by atoms with Gasteiger partial charge < -0.3 is 21.5 Å². The quantitative estimate of drug-likeness (QED) is 0.222. The summed E-state index contributed by atoms with van der Waals surface area (Å²) in [5.41, 5.74) is 0. The van der Waals surface area contributed by atoms with Gasteiger partial charge in [0, 0.05) is 6.42 Å². The van der Waals surface area contributed by atoms with Crippen molar-refractivity contribution in [3.05, 3.63) is 0 Å². The third-order valence-corrected chi connectivity index (χ3v) is 5.42. The zero-order chi connectivity index (χ0) is 18.6. The van der Waals surface area contributed by atoms with Crippen LogP contribution in [0.25, 0.3) is 0 Å². The predicted octanol–water partition coefficient (Wildman–Crippen LogP) is 4.24. The van der Waals surface area contributed by atoms with Gasteiger partial charge in [0.25, 0.3) is 0 Å². The SMILES string of the molecule is CCCCCCCCCCCCCC[N+](C)(C)CCCCCCC#N.[Br-]. The lowest BCUT2D eigenvalue weighted by atomic mass is 10.1. The molecular formula is C23H47BrN2. The van der Waals surface area contributed by atoms with E-state index in [1.807, 2.05) is 0 Å². The van der Waals surface area contributed by atoms with Gasteiger partial charge in [-0.15, -0.1) is 0 Å². The summed E-state index contributed by atoms with van der Waals surface area (Å²) in [5.74, 6) is 0. The molecule has 0 bridgehead atoms. The zero-order valence-electron chi connectivity index (χ0n) is 18.2. The zero-order valence-corrected chi connectivity index (χ0v) is 19.8. The van der Waals surface area contributed by atoms with Crippen LogP contribution in [0.4, 0.5) is 0 Å². The number of rotatable bonds is 19. The fourth-order valence-electron chi connectivity index (χ4n) is 3.59. The Morgan fingerprint density at radius 1 is 0.577 bits per heavy atom. The average molecular weight is 432 g/mol. The van der Waals surface area contributed by atoms with Crippen LogP contribution >= 0.6 is 0 Å². The molecular weight excluding hydrogens is 384 g/mol. The number of halogens is 1. The van der Waals surface area contributed by atoms with E-state index in [-0.39, 0.29) is 17.0 Å². The summed E-state index contributed by atoms with van der Waals surface area (Å²) in [6, 6.07) is 2.24. The number of hydrogen-bond acceptors (Lipinski definition) is 1. The summed E-state index contributed by atoms with van der Waals surface area (Å²) in [7, 11) is 4.77. The highest BCUT2D eigenvalue weighted by atomic mass is 79.9. The van der Waals surface area contributed by atoms with Crippen molar-refractivity contribution >= 4 is 0 Å². The van der Waals surface area contributed by atoms with E-state index in [1.165, 1.54) is 114 Å². The van der Waals surface area contributed by atoms with Crippen LogP contribution < -0.4 is 17.0 Å². The third kappa shape index (κ3) is 22.0. The fourth-order valence-corrected chi connectivity index (χ4v) is 3.59. The van der Waals surface area contributed by atoms with E-state index >= 15 is 0 Å². The first-order valence-electron chi connectivity index (χ1n) is 11.3. The van der Waals surface area contributed by atoms with Crippen LogP contribution in [0.1, 0.15) is 116 Å². The van der Waals surface area contributed by atoms with Gasteiger partial charge in [-0.25, -0.2) is 0 Å². The molecule has 0 rings (SSSR count). The summed E-state index contributed by atoms with van der Waals surface area (Å²) in [4.78, 5) is 0. The van der Waals surface area contributed by atoms with Crippen LogP contribution in [-0.4, -0.2) is 31.7 Å². The van der Waals surface area contributed by atoms with Crippen LogP contribution in [0.2, 0.25) is 0 Å². The maximum Gasteiger partial charge on any atom is 0.0782 e. The van der Waals surface area contributed by atoms with Crippen LogP contribution in [-0.2, 0) is 0 Å². The van der Waals surface area contributed by atoms with E-state index in [0.717, 1.165) is 12.8 Å². The minimum atomic E-state index is 0. The Labute approximate surface area is 176 Å². The lowest BCUT2D eigenvalue weighted by molar-refractivity contribution is -0.890. The Bertz CT molecular complexity index is 310. The normalized spacial score (nSPS) is 11.2. The van der Waals surface area contributed by atoms with Gasteiger partial charge in [-0.2, -0.15) is 5.26 Å². The molecule has 0 aromatic carbocycles. The summed E-state index contributed by atoms with van der Waals surface area (Å²) in [5, 5.41) is 8.54. The first-order valence-corrected chi connectivity index (χ1v) is 11.3. The molecule has 0 amide bonds. The second kappa shape index (κ2) is 21.2.